The van der Waals surface area contributed by atoms with Crippen molar-refractivity contribution in [2.45, 2.75) is 108 Å². The summed E-state index contributed by atoms with van der Waals surface area (Å²) in [4.78, 5) is 61.1. The molecule has 1 aliphatic heterocycles. The Bertz CT molecular complexity index is 1800. The van der Waals surface area contributed by atoms with Gasteiger partial charge in [-0.15, -0.1) is 6.58 Å². The van der Waals surface area contributed by atoms with Crippen molar-refractivity contribution in [3.63, 3.8) is 0 Å². The van der Waals surface area contributed by atoms with Crippen LogP contribution in [-0.2, 0) is 29.1 Å². The number of alkyl carbamates (subject to hydrolysis) is 1. The second-order valence-corrected chi connectivity index (χ2v) is 17.6. The van der Waals surface area contributed by atoms with Crippen molar-refractivity contribution in [3.8, 4) is 5.75 Å². The van der Waals surface area contributed by atoms with Gasteiger partial charge in [-0.2, -0.15) is 0 Å². The highest BCUT2D eigenvalue weighted by Gasteiger charge is 2.61. The summed E-state index contributed by atoms with van der Waals surface area (Å²) in [5, 5.41) is 3.39. The van der Waals surface area contributed by atoms with Crippen LogP contribution in [0.1, 0.15) is 78.6 Å². The summed E-state index contributed by atoms with van der Waals surface area (Å²) in [7, 11) is -3.85. The van der Waals surface area contributed by atoms with Crippen LogP contribution in [0.2, 0.25) is 5.02 Å². The predicted molar refractivity (Wildman–Crippen MR) is 187 cm³/mol. The van der Waals surface area contributed by atoms with Gasteiger partial charge in [-0.1, -0.05) is 38.4 Å². The quantitative estimate of drug-likeness (QED) is 0.284. The number of carbonyl (C=O) groups excluding carboxylic acids is 4. The van der Waals surface area contributed by atoms with E-state index in [1.165, 1.54) is 4.90 Å². The number of carbonyl (C=O) groups is 4. The second-order valence-electron chi connectivity index (χ2n) is 15.2. The first kappa shape index (κ1) is 36.1. The minimum atomic E-state index is -3.85. The SMILES string of the molecule is C=C[C@@H]1C[C@]1(CC(=O)[C@@H]1CC(Oc2ccnc3cc(Cl)ccc23)CN1C(=O)[C@@H](NC(=O)OC1CCCC1)C(C)(C)C)C(=O)NS(=O)(=O)C1CC1. The molecule has 0 bridgehead atoms. The molecule has 2 heterocycles. The van der Waals surface area contributed by atoms with E-state index in [9.17, 15) is 27.6 Å². The Morgan fingerprint density at radius 1 is 1.12 bits per heavy atom. The van der Waals surface area contributed by atoms with Gasteiger partial charge in [-0.25, -0.2) is 13.2 Å². The highest BCUT2D eigenvalue weighted by Crippen LogP contribution is 2.57. The summed E-state index contributed by atoms with van der Waals surface area (Å²) in [5.74, 6) is -1.51. The summed E-state index contributed by atoms with van der Waals surface area (Å²) < 4.78 is 39.7. The maximum Gasteiger partial charge on any atom is 0.408 e. The molecule has 4 fully saturated rings. The Morgan fingerprint density at radius 2 is 1.84 bits per heavy atom. The van der Waals surface area contributed by atoms with Gasteiger partial charge in [-0.3, -0.25) is 24.1 Å². The van der Waals surface area contributed by atoms with Crippen molar-refractivity contribution in [1.29, 1.82) is 0 Å². The first-order valence-electron chi connectivity index (χ1n) is 17.3. The molecule has 3 amide bonds. The molecule has 1 aromatic heterocycles. The number of hydrogen-bond acceptors (Lipinski definition) is 9. The normalized spacial score (nSPS) is 25.9. The van der Waals surface area contributed by atoms with Gasteiger partial charge in [0, 0.05) is 29.4 Å². The van der Waals surface area contributed by atoms with Crippen LogP contribution >= 0.6 is 11.6 Å². The number of ketones is 1. The van der Waals surface area contributed by atoms with Crippen LogP contribution in [0.5, 0.6) is 5.75 Å². The van der Waals surface area contributed by atoms with Crippen LogP contribution in [0.3, 0.4) is 0 Å². The number of benzene rings is 1. The van der Waals surface area contributed by atoms with Crippen molar-refractivity contribution < 1.29 is 37.1 Å². The van der Waals surface area contributed by atoms with E-state index < -0.39 is 73.9 Å². The average molecular weight is 729 g/mol. The molecule has 0 spiro atoms. The number of pyridine rings is 1. The van der Waals surface area contributed by atoms with E-state index in [0.717, 1.165) is 25.7 Å². The molecule has 2 N–H and O–H groups in total. The number of hydrogen-bond donors (Lipinski definition) is 2. The number of aromatic nitrogens is 1. The van der Waals surface area contributed by atoms with Gasteiger partial charge in [-0.05, 0) is 80.5 Å². The number of amides is 3. The third kappa shape index (κ3) is 7.63. The fourth-order valence-electron chi connectivity index (χ4n) is 7.24. The topological polar surface area (TPSA) is 161 Å². The molecule has 1 saturated heterocycles. The van der Waals surface area contributed by atoms with Crippen molar-refractivity contribution >= 4 is 56.2 Å². The van der Waals surface area contributed by atoms with Crippen LogP contribution in [0.25, 0.3) is 10.9 Å². The van der Waals surface area contributed by atoms with Crippen molar-refractivity contribution in [1.82, 2.24) is 19.9 Å². The van der Waals surface area contributed by atoms with E-state index in [2.05, 4.69) is 21.6 Å². The number of likely N-dealkylation sites (tertiary alicyclic amines) is 1. The Kier molecular flexibility index (Phi) is 9.95. The number of rotatable bonds is 12. The first-order valence-corrected chi connectivity index (χ1v) is 19.2. The summed E-state index contributed by atoms with van der Waals surface area (Å²) in [5.41, 5.74) is -1.44. The van der Waals surface area contributed by atoms with Crippen LogP contribution < -0.4 is 14.8 Å². The Labute approximate surface area is 297 Å². The van der Waals surface area contributed by atoms with Crippen LogP contribution in [0.15, 0.2) is 43.1 Å². The lowest BCUT2D eigenvalue weighted by atomic mass is 9.85. The number of nitrogens with zero attached hydrogens (tertiary/aromatic N) is 2. The fraction of sp³-hybridized carbons (Fsp3) is 0.583. The number of Topliss-reactive ketones (excluding diaryl/α,β-unsaturated/α-hetero) is 1. The number of sulfonamides is 1. The molecule has 12 nitrogen and oxygen atoms in total. The molecule has 2 aromatic rings. The molecular weight excluding hydrogens is 684 g/mol. The Morgan fingerprint density at radius 3 is 2.48 bits per heavy atom. The molecule has 0 radical (unpaired) electrons. The largest absolute Gasteiger partial charge is 0.488 e. The van der Waals surface area contributed by atoms with Gasteiger partial charge in [0.2, 0.25) is 21.8 Å². The van der Waals surface area contributed by atoms with E-state index in [0.29, 0.717) is 34.5 Å². The molecule has 270 valence electrons. The van der Waals surface area contributed by atoms with E-state index in [1.807, 2.05) is 20.8 Å². The first-order chi connectivity index (χ1) is 23.6. The summed E-state index contributed by atoms with van der Waals surface area (Å²) in [6, 6.07) is 4.87. The predicted octanol–water partition coefficient (Wildman–Crippen LogP) is 5.08. The number of allylic oxidation sites excluding steroid dienone is 1. The summed E-state index contributed by atoms with van der Waals surface area (Å²) >= 11 is 6.18. The van der Waals surface area contributed by atoms with Gasteiger partial charge in [0.05, 0.1) is 28.8 Å². The number of nitrogens with one attached hydrogen (secondary N) is 2. The third-order valence-electron chi connectivity index (χ3n) is 10.4. The zero-order chi connectivity index (χ0) is 36.0. The molecular formula is C36H45ClN4O8S. The average Bonchev–Trinajstić information content (AvgIpc) is 3.93. The van der Waals surface area contributed by atoms with Crippen molar-refractivity contribution in [3.05, 3.63) is 48.1 Å². The lowest BCUT2D eigenvalue weighted by Crippen LogP contribution is -2.57. The van der Waals surface area contributed by atoms with Crippen LogP contribution in [-0.4, -0.2) is 78.1 Å². The number of fused-ring (bicyclic) bond motifs is 1. The molecule has 3 saturated carbocycles. The third-order valence-corrected chi connectivity index (χ3v) is 12.4. The highest BCUT2D eigenvalue weighted by atomic mass is 35.5. The van der Waals surface area contributed by atoms with E-state index >= 15 is 0 Å². The van der Waals surface area contributed by atoms with E-state index in [4.69, 9.17) is 21.1 Å². The number of ether oxygens (including phenoxy) is 2. The number of halogens is 1. The highest BCUT2D eigenvalue weighted by molar-refractivity contribution is 7.90. The van der Waals surface area contributed by atoms with Gasteiger partial charge in [0.1, 0.15) is 24.0 Å². The lowest BCUT2D eigenvalue weighted by molar-refractivity contribution is -0.142. The zero-order valence-electron chi connectivity index (χ0n) is 28.7. The van der Waals surface area contributed by atoms with Crippen molar-refractivity contribution in [2.24, 2.45) is 16.7 Å². The Hall–Kier alpha value is -3.71. The summed E-state index contributed by atoms with van der Waals surface area (Å²) in [6.07, 6.45) is 6.15. The molecule has 6 rings (SSSR count). The molecule has 1 aromatic carbocycles. The standard InChI is InChI=1S/C36H45ClN4O8S/c1-5-21-18-36(21,33(44)40-50(46,47)25-11-12-25)19-29(42)28-17-24(48-30-14-15-38-27-16-22(37)10-13-26(27)30)20-41(28)32(43)31(35(2,3)4)39-34(45)49-23-8-6-7-9-23/h5,10,13-16,21,23-25,28,31H,1,6-9,11-12,17-20H2,2-4H3,(H,39,45)(H,40,44)/t21-,24?,28+,31-,36-/m1/s1. The zero-order valence-corrected chi connectivity index (χ0v) is 30.2. The van der Waals surface area contributed by atoms with E-state index in [-0.39, 0.29) is 31.9 Å². The molecule has 14 heteroatoms. The molecule has 50 heavy (non-hydrogen) atoms. The Balaban J connectivity index is 1.27. The van der Waals surface area contributed by atoms with Gasteiger partial charge in [0.15, 0.2) is 5.78 Å². The maximum atomic E-state index is 14.5. The van der Waals surface area contributed by atoms with Crippen LogP contribution in [0, 0.1) is 16.7 Å². The van der Waals surface area contributed by atoms with Gasteiger partial charge < -0.3 is 19.7 Å². The maximum absolute atomic E-state index is 14.5. The molecule has 1 unspecified atom stereocenters. The molecule has 5 atom stereocenters. The summed E-state index contributed by atoms with van der Waals surface area (Å²) in [6.45, 7) is 9.29. The second kappa shape index (κ2) is 13.8. The fourth-order valence-corrected chi connectivity index (χ4v) is 8.79. The van der Waals surface area contributed by atoms with Gasteiger partial charge in [0.25, 0.3) is 0 Å². The lowest BCUT2D eigenvalue weighted by Gasteiger charge is -2.35. The smallest absolute Gasteiger partial charge is 0.408 e. The molecule has 3 aliphatic carbocycles. The van der Waals surface area contributed by atoms with E-state index in [1.54, 1.807) is 36.5 Å². The minimum Gasteiger partial charge on any atom is -0.488 e. The monoisotopic (exact) mass is 728 g/mol. The van der Waals surface area contributed by atoms with Crippen molar-refractivity contribution in [2.75, 3.05) is 6.54 Å². The minimum absolute atomic E-state index is 0.0265. The van der Waals surface area contributed by atoms with Crippen LogP contribution in [0.4, 0.5) is 4.79 Å². The molecule has 4 aliphatic rings. The van der Waals surface area contributed by atoms with Gasteiger partial charge >= 0.3 is 6.09 Å².